The molecular weight excluding hydrogens is 320 g/mol. The topological polar surface area (TPSA) is 54.7 Å². The van der Waals surface area contributed by atoms with Crippen LogP contribution in [0.4, 0.5) is 5.69 Å². The van der Waals surface area contributed by atoms with Crippen molar-refractivity contribution in [2.45, 2.75) is 53.1 Å². The minimum absolute atomic E-state index is 0.0582. The fraction of sp³-hybridized carbons (Fsp3) is 0.474. The first kappa shape index (κ1) is 18.6. The molecule has 2 aromatic rings. The van der Waals surface area contributed by atoms with Gasteiger partial charge < -0.3 is 9.84 Å². The molecule has 130 valence electrons. The first-order chi connectivity index (χ1) is 11.4. The van der Waals surface area contributed by atoms with Crippen LogP contribution in [0.5, 0.6) is 5.75 Å². The molecule has 4 nitrogen and oxygen atoms in total. The quantitative estimate of drug-likeness (QED) is 0.704. The van der Waals surface area contributed by atoms with Crippen molar-refractivity contribution in [1.29, 1.82) is 0 Å². The second-order valence-corrected chi connectivity index (χ2v) is 7.43. The smallest absolute Gasteiger partial charge is 0.146 e. The number of benzene rings is 1. The molecule has 0 aliphatic carbocycles. The monoisotopic (exact) mass is 346 g/mol. The van der Waals surface area contributed by atoms with Crippen molar-refractivity contribution in [1.82, 2.24) is 4.98 Å². The molecule has 0 radical (unpaired) electrons. The van der Waals surface area contributed by atoms with E-state index in [2.05, 4.69) is 11.9 Å². The predicted octanol–water partition coefficient (Wildman–Crippen LogP) is 5.16. The minimum Gasteiger partial charge on any atom is -0.483 e. The van der Waals surface area contributed by atoms with Gasteiger partial charge in [0.25, 0.3) is 0 Å². The van der Waals surface area contributed by atoms with Gasteiger partial charge in [0.05, 0.1) is 6.61 Å². The lowest BCUT2D eigenvalue weighted by atomic mass is 10.1. The van der Waals surface area contributed by atoms with Crippen LogP contribution in [0, 0.1) is 6.92 Å². The van der Waals surface area contributed by atoms with Crippen molar-refractivity contribution in [2.75, 3.05) is 6.61 Å². The SMILES string of the molecule is CCCC(C)=Nc1c(OC(C)(C)CO)ccc(-c2nccs2)c1C. The Kier molecular flexibility index (Phi) is 6.13. The maximum absolute atomic E-state index is 9.52. The summed E-state index contributed by atoms with van der Waals surface area (Å²) in [7, 11) is 0. The van der Waals surface area contributed by atoms with Crippen molar-refractivity contribution in [3.05, 3.63) is 29.3 Å². The molecule has 0 bridgehead atoms. The van der Waals surface area contributed by atoms with Crippen LogP contribution in [-0.2, 0) is 0 Å². The Morgan fingerprint density at radius 1 is 1.38 bits per heavy atom. The molecule has 2 rings (SSSR count). The Bertz CT molecular complexity index is 706. The third kappa shape index (κ3) is 4.42. The third-order valence-electron chi connectivity index (χ3n) is 3.74. The highest BCUT2D eigenvalue weighted by Gasteiger charge is 2.22. The maximum atomic E-state index is 9.52. The van der Waals surface area contributed by atoms with E-state index < -0.39 is 5.60 Å². The molecule has 5 heteroatoms. The van der Waals surface area contributed by atoms with E-state index in [-0.39, 0.29) is 6.61 Å². The number of aliphatic hydroxyl groups excluding tert-OH is 1. The lowest BCUT2D eigenvalue weighted by Gasteiger charge is -2.26. The molecule has 0 fully saturated rings. The molecule has 24 heavy (non-hydrogen) atoms. The number of ether oxygens (including phenoxy) is 1. The largest absolute Gasteiger partial charge is 0.483 e. The van der Waals surface area contributed by atoms with Crippen molar-refractivity contribution in [3.8, 4) is 16.3 Å². The van der Waals surface area contributed by atoms with E-state index in [0.29, 0.717) is 5.75 Å². The first-order valence-electron chi connectivity index (χ1n) is 8.25. The van der Waals surface area contributed by atoms with Gasteiger partial charge in [0, 0.05) is 22.9 Å². The average molecular weight is 346 g/mol. The van der Waals surface area contributed by atoms with Crippen LogP contribution in [0.15, 0.2) is 28.7 Å². The molecule has 1 N–H and O–H groups in total. The summed E-state index contributed by atoms with van der Waals surface area (Å²) >= 11 is 1.61. The van der Waals surface area contributed by atoms with Gasteiger partial charge in [0.15, 0.2) is 0 Å². The van der Waals surface area contributed by atoms with E-state index in [4.69, 9.17) is 9.73 Å². The Morgan fingerprint density at radius 2 is 2.12 bits per heavy atom. The Balaban J connectivity index is 2.55. The molecule has 0 unspecified atom stereocenters. The highest BCUT2D eigenvalue weighted by atomic mass is 32.1. The number of rotatable bonds is 7. The van der Waals surface area contributed by atoms with Crippen LogP contribution in [0.1, 0.15) is 46.1 Å². The van der Waals surface area contributed by atoms with Crippen LogP contribution >= 0.6 is 11.3 Å². The third-order valence-corrected chi connectivity index (χ3v) is 4.54. The molecule has 1 aromatic heterocycles. The second-order valence-electron chi connectivity index (χ2n) is 6.54. The summed E-state index contributed by atoms with van der Waals surface area (Å²) < 4.78 is 6.04. The van der Waals surface area contributed by atoms with Crippen LogP contribution < -0.4 is 4.74 Å². The zero-order valence-corrected chi connectivity index (χ0v) is 15.9. The maximum Gasteiger partial charge on any atom is 0.146 e. The van der Waals surface area contributed by atoms with Crippen LogP contribution in [0.2, 0.25) is 0 Å². The molecule has 0 atom stereocenters. The molecule has 0 spiro atoms. The molecule has 0 saturated carbocycles. The van der Waals surface area contributed by atoms with Gasteiger partial charge in [-0.05, 0) is 51.8 Å². The van der Waals surface area contributed by atoms with E-state index >= 15 is 0 Å². The van der Waals surface area contributed by atoms with E-state index in [1.165, 1.54) is 0 Å². The van der Waals surface area contributed by atoms with E-state index in [1.54, 1.807) is 11.3 Å². The van der Waals surface area contributed by atoms with Crippen LogP contribution in [0.3, 0.4) is 0 Å². The van der Waals surface area contributed by atoms with Gasteiger partial charge >= 0.3 is 0 Å². The second kappa shape index (κ2) is 7.90. The number of aromatic nitrogens is 1. The summed E-state index contributed by atoms with van der Waals surface area (Å²) in [5.41, 5.74) is 3.37. The fourth-order valence-corrected chi connectivity index (χ4v) is 3.14. The molecule has 0 aliphatic rings. The van der Waals surface area contributed by atoms with Gasteiger partial charge in [-0.2, -0.15) is 0 Å². The molecule has 0 amide bonds. The highest BCUT2D eigenvalue weighted by molar-refractivity contribution is 7.13. The number of hydrogen-bond acceptors (Lipinski definition) is 5. The fourth-order valence-electron chi connectivity index (χ4n) is 2.42. The van der Waals surface area contributed by atoms with E-state index in [0.717, 1.165) is 40.4 Å². The van der Waals surface area contributed by atoms with Crippen molar-refractivity contribution in [3.63, 3.8) is 0 Å². The van der Waals surface area contributed by atoms with Gasteiger partial charge in [0.2, 0.25) is 0 Å². The van der Waals surface area contributed by atoms with Crippen molar-refractivity contribution >= 4 is 22.7 Å². The summed E-state index contributed by atoms with van der Waals surface area (Å²) in [5.74, 6) is 0.697. The summed E-state index contributed by atoms with van der Waals surface area (Å²) in [5, 5.41) is 12.5. The molecule has 1 heterocycles. The normalized spacial score (nSPS) is 12.5. The summed E-state index contributed by atoms with van der Waals surface area (Å²) in [6, 6.07) is 3.95. The van der Waals surface area contributed by atoms with Gasteiger partial charge in [-0.25, -0.2) is 4.98 Å². The van der Waals surface area contributed by atoms with Gasteiger partial charge in [-0.1, -0.05) is 13.3 Å². The number of thiazole rings is 1. The zero-order chi connectivity index (χ0) is 17.7. The van der Waals surface area contributed by atoms with Gasteiger partial charge in [-0.15, -0.1) is 11.3 Å². The predicted molar refractivity (Wildman–Crippen MR) is 102 cm³/mol. The number of hydrogen-bond donors (Lipinski definition) is 1. The van der Waals surface area contributed by atoms with Crippen molar-refractivity contribution in [2.24, 2.45) is 4.99 Å². The highest BCUT2D eigenvalue weighted by Crippen LogP contribution is 2.40. The van der Waals surface area contributed by atoms with Crippen LogP contribution in [0.25, 0.3) is 10.6 Å². The number of nitrogens with zero attached hydrogens (tertiary/aromatic N) is 2. The molecule has 0 aliphatic heterocycles. The summed E-state index contributed by atoms with van der Waals surface area (Å²) in [6.07, 6.45) is 3.81. The van der Waals surface area contributed by atoms with Gasteiger partial charge in [-0.3, -0.25) is 4.99 Å². The Labute approximate surface area is 148 Å². The van der Waals surface area contributed by atoms with E-state index in [1.807, 2.05) is 51.4 Å². The molecule has 0 saturated heterocycles. The first-order valence-corrected chi connectivity index (χ1v) is 9.13. The molecular formula is C19H26N2O2S. The number of aliphatic imine (C=N–C) groups is 1. The standard InChI is InChI=1S/C19H26N2O2S/c1-6-7-13(2)21-17-14(3)15(18-20-10-11-24-18)8-9-16(17)23-19(4,5)12-22/h8-11,22H,6-7,12H2,1-5H3. The lowest BCUT2D eigenvalue weighted by Crippen LogP contribution is -2.32. The Hall–Kier alpha value is -1.72. The summed E-state index contributed by atoms with van der Waals surface area (Å²) in [6.45, 7) is 9.90. The zero-order valence-electron chi connectivity index (χ0n) is 15.1. The minimum atomic E-state index is -0.655. The van der Waals surface area contributed by atoms with Crippen molar-refractivity contribution < 1.29 is 9.84 Å². The average Bonchev–Trinajstić information content (AvgIpc) is 3.05. The van der Waals surface area contributed by atoms with E-state index in [9.17, 15) is 5.11 Å². The lowest BCUT2D eigenvalue weighted by molar-refractivity contribution is 0.0417. The van der Waals surface area contributed by atoms with Crippen LogP contribution in [-0.4, -0.2) is 28.0 Å². The van der Waals surface area contributed by atoms with Gasteiger partial charge in [0.1, 0.15) is 22.0 Å². The summed E-state index contributed by atoms with van der Waals surface area (Å²) in [4.78, 5) is 9.24. The number of aliphatic hydroxyl groups is 1. The molecule has 1 aromatic carbocycles. The Morgan fingerprint density at radius 3 is 2.71 bits per heavy atom.